The molecular formula is C16H24N2O2. The van der Waals surface area contributed by atoms with E-state index in [9.17, 15) is 0 Å². The third kappa shape index (κ3) is 2.76. The van der Waals surface area contributed by atoms with E-state index in [1.807, 2.05) is 6.07 Å². The molecule has 0 saturated heterocycles. The van der Waals surface area contributed by atoms with Crippen molar-refractivity contribution in [1.82, 2.24) is 5.43 Å². The van der Waals surface area contributed by atoms with Gasteiger partial charge in [0.1, 0.15) is 13.2 Å². The van der Waals surface area contributed by atoms with Crippen molar-refractivity contribution in [2.75, 3.05) is 13.2 Å². The number of fused-ring (bicyclic) bond motifs is 1. The van der Waals surface area contributed by atoms with Gasteiger partial charge in [-0.25, -0.2) is 0 Å². The number of nitrogens with one attached hydrogen (secondary N) is 1. The lowest BCUT2D eigenvalue weighted by Gasteiger charge is -2.33. The number of hydrogen-bond donors (Lipinski definition) is 2. The number of ether oxygens (including phenoxy) is 2. The van der Waals surface area contributed by atoms with Crippen LogP contribution in [0, 0.1) is 11.8 Å². The SMILES string of the molecule is CC1CCCC(C(NN)c2ccc3c(c2)OCCO3)C1. The zero-order valence-electron chi connectivity index (χ0n) is 12.1. The van der Waals surface area contributed by atoms with Gasteiger partial charge in [-0.15, -0.1) is 0 Å². The van der Waals surface area contributed by atoms with Gasteiger partial charge in [-0.2, -0.15) is 0 Å². The van der Waals surface area contributed by atoms with Crippen LogP contribution in [0.1, 0.15) is 44.2 Å². The first-order chi connectivity index (χ1) is 9.78. The normalized spacial score (nSPS) is 27.1. The van der Waals surface area contributed by atoms with Crippen LogP contribution in [0.15, 0.2) is 18.2 Å². The van der Waals surface area contributed by atoms with E-state index in [0.29, 0.717) is 19.1 Å². The first-order valence-electron chi connectivity index (χ1n) is 7.63. The molecule has 1 saturated carbocycles. The smallest absolute Gasteiger partial charge is 0.161 e. The zero-order valence-corrected chi connectivity index (χ0v) is 12.1. The summed E-state index contributed by atoms with van der Waals surface area (Å²) in [4.78, 5) is 0. The lowest BCUT2D eigenvalue weighted by Crippen LogP contribution is -2.35. The highest BCUT2D eigenvalue weighted by atomic mass is 16.6. The molecule has 1 heterocycles. The molecule has 4 heteroatoms. The second-order valence-corrected chi connectivity index (χ2v) is 6.08. The fraction of sp³-hybridized carbons (Fsp3) is 0.625. The topological polar surface area (TPSA) is 56.5 Å². The maximum absolute atomic E-state index is 5.84. The molecule has 3 N–H and O–H groups in total. The first kappa shape index (κ1) is 13.7. The van der Waals surface area contributed by atoms with Gasteiger partial charge >= 0.3 is 0 Å². The molecule has 20 heavy (non-hydrogen) atoms. The number of rotatable bonds is 3. The van der Waals surface area contributed by atoms with E-state index in [-0.39, 0.29) is 6.04 Å². The lowest BCUT2D eigenvalue weighted by atomic mass is 9.77. The molecule has 0 bridgehead atoms. The second-order valence-electron chi connectivity index (χ2n) is 6.08. The summed E-state index contributed by atoms with van der Waals surface area (Å²) in [7, 11) is 0. The highest BCUT2D eigenvalue weighted by Gasteiger charge is 2.28. The van der Waals surface area contributed by atoms with Crippen LogP contribution in [-0.2, 0) is 0 Å². The average molecular weight is 276 g/mol. The van der Waals surface area contributed by atoms with Crippen molar-refractivity contribution >= 4 is 0 Å². The number of nitrogens with two attached hydrogens (primary N) is 1. The highest BCUT2D eigenvalue weighted by Crippen LogP contribution is 2.39. The van der Waals surface area contributed by atoms with Gasteiger partial charge in [0, 0.05) is 6.04 Å². The molecule has 2 aliphatic rings. The molecule has 1 aliphatic carbocycles. The fourth-order valence-electron chi connectivity index (χ4n) is 3.54. The quantitative estimate of drug-likeness (QED) is 0.658. The molecule has 3 rings (SSSR count). The minimum Gasteiger partial charge on any atom is -0.486 e. The average Bonchev–Trinajstić information content (AvgIpc) is 2.48. The molecule has 1 fully saturated rings. The molecule has 0 spiro atoms. The fourth-order valence-corrected chi connectivity index (χ4v) is 3.54. The van der Waals surface area contributed by atoms with Gasteiger partial charge in [0.2, 0.25) is 0 Å². The summed E-state index contributed by atoms with van der Waals surface area (Å²) in [5.41, 5.74) is 4.22. The van der Waals surface area contributed by atoms with Crippen LogP contribution >= 0.6 is 0 Å². The predicted octanol–water partition coefficient (Wildman–Crippen LogP) is 2.79. The first-order valence-corrected chi connectivity index (χ1v) is 7.63. The molecule has 1 aromatic rings. The van der Waals surface area contributed by atoms with Crippen LogP contribution in [-0.4, -0.2) is 13.2 Å². The van der Waals surface area contributed by atoms with Crippen LogP contribution in [0.3, 0.4) is 0 Å². The Labute approximate surface area is 120 Å². The van der Waals surface area contributed by atoms with Crippen LogP contribution < -0.4 is 20.7 Å². The van der Waals surface area contributed by atoms with E-state index in [1.165, 1.54) is 31.2 Å². The number of hydrogen-bond acceptors (Lipinski definition) is 4. The van der Waals surface area contributed by atoms with Gasteiger partial charge in [0.15, 0.2) is 11.5 Å². The van der Waals surface area contributed by atoms with Crippen molar-refractivity contribution in [3.05, 3.63) is 23.8 Å². The number of hydrazine groups is 1. The summed E-state index contributed by atoms with van der Waals surface area (Å²) in [6.07, 6.45) is 5.13. The van der Waals surface area contributed by atoms with Gasteiger partial charge < -0.3 is 9.47 Å². The zero-order chi connectivity index (χ0) is 13.9. The maximum Gasteiger partial charge on any atom is 0.161 e. The molecule has 0 radical (unpaired) electrons. The van der Waals surface area contributed by atoms with Crippen LogP contribution in [0.4, 0.5) is 0 Å². The van der Waals surface area contributed by atoms with Gasteiger partial charge in [0.05, 0.1) is 0 Å². The Bertz CT molecular complexity index is 464. The van der Waals surface area contributed by atoms with Crippen molar-refractivity contribution in [3.63, 3.8) is 0 Å². The van der Waals surface area contributed by atoms with Crippen molar-refractivity contribution in [2.24, 2.45) is 17.7 Å². The monoisotopic (exact) mass is 276 g/mol. The van der Waals surface area contributed by atoms with Crippen molar-refractivity contribution < 1.29 is 9.47 Å². The Balaban J connectivity index is 1.81. The highest BCUT2D eigenvalue weighted by molar-refractivity contribution is 5.44. The summed E-state index contributed by atoms with van der Waals surface area (Å²) in [6.45, 7) is 3.59. The van der Waals surface area contributed by atoms with Crippen molar-refractivity contribution in [1.29, 1.82) is 0 Å². The molecule has 1 aliphatic heterocycles. The molecule has 1 aromatic carbocycles. The van der Waals surface area contributed by atoms with Crippen LogP contribution in [0.2, 0.25) is 0 Å². The van der Waals surface area contributed by atoms with Crippen LogP contribution in [0.25, 0.3) is 0 Å². The Morgan fingerprint density at radius 1 is 1.20 bits per heavy atom. The Hall–Kier alpha value is -1.26. The minimum absolute atomic E-state index is 0.202. The van der Waals surface area contributed by atoms with Gasteiger partial charge in [-0.05, 0) is 42.4 Å². The summed E-state index contributed by atoms with van der Waals surface area (Å²) < 4.78 is 11.3. The third-order valence-corrected chi connectivity index (χ3v) is 4.55. The molecule has 110 valence electrons. The van der Waals surface area contributed by atoms with Crippen LogP contribution in [0.5, 0.6) is 11.5 Å². The molecule has 0 amide bonds. The van der Waals surface area contributed by atoms with E-state index >= 15 is 0 Å². The third-order valence-electron chi connectivity index (χ3n) is 4.55. The summed E-state index contributed by atoms with van der Waals surface area (Å²) in [5.74, 6) is 8.92. The number of benzene rings is 1. The lowest BCUT2D eigenvalue weighted by molar-refractivity contribution is 0.170. The predicted molar refractivity (Wildman–Crippen MR) is 78.6 cm³/mol. The molecular weight excluding hydrogens is 252 g/mol. The Kier molecular flexibility index (Phi) is 4.13. The molecule has 3 atom stereocenters. The standard InChI is InChI=1S/C16H24N2O2/c1-11-3-2-4-12(9-11)16(18-17)13-5-6-14-15(10-13)20-8-7-19-14/h5-6,10-12,16,18H,2-4,7-9,17H2,1H3. The summed E-state index contributed by atoms with van der Waals surface area (Å²) in [6, 6.07) is 6.39. The second kappa shape index (κ2) is 6.02. The Morgan fingerprint density at radius 3 is 2.75 bits per heavy atom. The van der Waals surface area contributed by atoms with E-state index in [4.69, 9.17) is 15.3 Å². The Morgan fingerprint density at radius 2 is 2.00 bits per heavy atom. The van der Waals surface area contributed by atoms with Gasteiger partial charge in [-0.3, -0.25) is 11.3 Å². The van der Waals surface area contributed by atoms with E-state index in [0.717, 1.165) is 17.4 Å². The molecule has 3 unspecified atom stereocenters. The summed E-state index contributed by atoms with van der Waals surface area (Å²) >= 11 is 0. The van der Waals surface area contributed by atoms with Crippen molar-refractivity contribution in [3.8, 4) is 11.5 Å². The van der Waals surface area contributed by atoms with Crippen molar-refractivity contribution in [2.45, 2.75) is 38.6 Å². The minimum atomic E-state index is 0.202. The maximum atomic E-state index is 5.84. The molecule has 4 nitrogen and oxygen atoms in total. The summed E-state index contributed by atoms with van der Waals surface area (Å²) in [5, 5.41) is 0. The molecule has 0 aromatic heterocycles. The van der Waals surface area contributed by atoms with E-state index in [2.05, 4.69) is 24.5 Å². The largest absolute Gasteiger partial charge is 0.486 e. The van der Waals surface area contributed by atoms with Gasteiger partial charge in [0.25, 0.3) is 0 Å². The van der Waals surface area contributed by atoms with Gasteiger partial charge in [-0.1, -0.05) is 25.8 Å². The van der Waals surface area contributed by atoms with E-state index < -0.39 is 0 Å². The van der Waals surface area contributed by atoms with E-state index in [1.54, 1.807) is 0 Å².